The summed E-state index contributed by atoms with van der Waals surface area (Å²) >= 11 is 0. The third-order valence-corrected chi connectivity index (χ3v) is 0. The smallest absolute Gasteiger partial charge is 0.852 e. The molecule has 15 heavy (non-hydrogen) atoms. The van der Waals surface area contributed by atoms with Crippen LogP contribution in [0, 0.1) is 0 Å². The molecule has 0 amide bonds. The van der Waals surface area contributed by atoms with Gasteiger partial charge in [0.25, 0.3) is 0 Å². The zero-order chi connectivity index (χ0) is 12.7. The third kappa shape index (κ3) is 15900. The van der Waals surface area contributed by atoms with Gasteiger partial charge >= 0.3 is 17.4 Å². The number of hydrogen-bond donors (Lipinski definition) is 1. The maximum atomic E-state index is 9.53. The Hall–Kier alpha value is 0.372. The molecular formula is C10H25AlO4. The Kier molecular flexibility index (Phi) is 57.6. The molecule has 0 bridgehead atoms. The van der Waals surface area contributed by atoms with Crippen molar-refractivity contribution in [3.63, 3.8) is 0 Å². The molecule has 0 aromatic carbocycles. The molecule has 0 fully saturated rings. The summed E-state index contributed by atoms with van der Waals surface area (Å²) in [6.45, 7) is 9.67. The molecule has 0 saturated carbocycles. The molecule has 0 heterocycles. The summed E-state index contributed by atoms with van der Waals surface area (Å²) in [7, 11) is 1.00. The van der Waals surface area contributed by atoms with Gasteiger partial charge in [0, 0.05) is 7.11 Å². The average Bonchev–Trinajstić information content (AvgIpc) is 1.86. The van der Waals surface area contributed by atoms with Crippen LogP contribution in [0.5, 0.6) is 0 Å². The van der Waals surface area contributed by atoms with Crippen molar-refractivity contribution >= 4 is 17.4 Å². The molecule has 92 valence electrons. The molecule has 0 saturated heterocycles. The number of rotatable bonds is 0. The summed E-state index contributed by atoms with van der Waals surface area (Å²) in [6.07, 6.45) is -1.25. The molecule has 0 aromatic rings. The van der Waals surface area contributed by atoms with Crippen LogP contribution in [0.3, 0.4) is 0 Å². The summed E-state index contributed by atoms with van der Waals surface area (Å²) in [4.78, 5) is 0. The predicted molar refractivity (Wildman–Crippen MR) is 59.3 cm³/mol. The van der Waals surface area contributed by atoms with E-state index in [1.165, 1.54) is 0 Å². The number of aliphatic hydroxyl groups excluding tert-OH is 1. The van der Waals surface area contributed by atoms with Crippen LogP contribution < -0.4 is 15.3 Å². The first kappa shape index (κ1) is 29.5. The Morgan fingerprint density at radius 3 is 0.600 bits per heavy atom. The Morgan fingerprint density at radius 2 is 0.600 bits per heavy atom. The van der Waals surface area contributed by atoms with E-state index >= 15 is 0 Å². The van der Waals surface area contributed by atoms with Gasteiger partial charge in [-0.05, 0) is 0 Å². The SMILES string of the molecule is CC(C)[O-].CC(C)[O-].CC(C)[O-].CO.[Al+3]. The minimum absolute atomic E-state index is 0. The van der Waals surface area contributed by atoms with Crippen molar-refractivity contribution < 1.29 is 20.4 Å². The minimum Gasteiger partial charge on any atom is -0.852 e. The minimum atomic E-state index is -0.417. The Balaban J connectivity index is -0.0000000298. The first-order valence-electron chi connectivity index (χ1n) is 4.62. The summed E-state index contributed by atoms with van der Waals surface area (Å²) in [5, 5.41) is 35.6. The largest absolute Gasteiger partial charge is 3.00 e. The Morgan fingerprint density at radius 1 is 0.600 bits per heavy atom. The summed E-state index contributed by atoms with van der Waals surface area (Å²) < 4.78 is 0. The van der Waals surface area contributed by atoms with Crippen molar-refractivity contribution in [1.29, 1.82) is 0 Å². The van der Waals surface area contributed by atoms with E-state index in [0.717, 1.165) is 7.11 Å². The van der Waals surface area contributed by atoms with Crippen LogP contribution in [0.4, 0.5) is 0 Å². The van der Waals surface area contributed by atoms with Crippen molar-refractivity contribution in [2.45, 2.75) is 59.9 Å². The first-order chi connectivity index (χ1) is 6.20. The molecular weight excluding hydrogens is 211 g/mol. The standard InChI is InChI=1S/3C3H7O.CH4O.Al/c3*1-3(2)4;1-2;/h3*3H,1-2H3;2H,1H3;/q3*-1;;+3. The van der Waals surface area contributed by atoms with Gasteiger partial charge in [0.2, 0.25) is 0 Å². The van der Waals surface area contributed by atoms with E-state index in [9.17, 15) is 15.3 Å². The monoisotopic (exact) mass is 236 g/mol. The predicted octanol–water partition coefficient (Wildman–Crippen LogP) is -1.51. The fraction of sp³-hybridized carbons (Fsp3) is 1.00. The number of aliphatic hydroxyl groups is 1. The van der Waals surface area contributed by atoms with Gasteiger partial charge in [0.05, 0.1) is 0 Å². The van der Waals surface area contributed by atoms with E-state index < -0.39 is 18.3 Å². The molecule has 0 aliphatic carbocycles. The fourth-order valence-electron chi connectivity index (χ4n) is 0. The van der Waals surface area contributed by atoms with Gasteiger partial charge in [0.1, 0.15) is 0 Å². The zero-order valence-corrected chi connectivity index (χ0v) is 12.1. The summed E-state index contributed by atoms with van der Waals surface area (Å²) in [5.41, 5.74) is 0. The molecule has 0 aromatic heterocycles. The second kappa shape index (κ2) is 29.3. The van der Waals surface area contributed by atoms with E-state index in [1.807, 2.05) is 0 Å². The van der Waals surface area contributed by atoms with Gasteiger partial charge in [-0.2, -0.15) is 0 Å². The van der Waals surface area contributed by atoms with Crippen molar-refractivity contribution in [3.8, 4) is 0 Å². The van der Waals surface area contributed by atoms with Gasteiger partial charge in [-0.3, -0.25) is 0 Å². The van der Waals surface area contributed by atoms with Gasteiger partial charge in [-0.15, -0.1) is 18.3 Å². The maximum Gasteiger partial charge on any atom is 3.00 e. The molecule has 1 N–H and O–H groups in total. The van der Waals surface area contributed by atoms with Crippen molar-refractivity contribution in [1.82, 2.24) is 0 Å². The second-order valence-corrected chi connectivity index (χ2v) is 3.15. The molecule has 0 aliphatic rings. The molecule has 0 rings (SSSR count). The Bertz CT molecular complexity index is 45.9. The Labute approximate surface area is 105 Å². The van der Waals surface area contributed by atoms with Crippen LogP contribution in [0.15, 0.2) is 0 Å². The fourth-order valence-corrected chi connectivity index (χ4v) is 0. The molecule has 5 heteroatoms. The van der Waals surface area contributed by atoms with E-state index in [4.69, 9.17) is 5.11 Å². The molecule has 0 spiro atoms. The van der Waals surface area contributed by atoms with Crippen LogP contribution in [0.1, 0.15) is 41.5 Å². The van der Waals surface area contributed by atoms with Gasteiger partial charge < -0.3 is 20.4 Å². The van der Waals surface area contributed by atoms with Gasteiger partial charge in [-0.25, -0.2) is 0 Å². The van der Waals surface area contributed by atoms with Gasteiger partial charge in [-0.1, -0.05) is 41.5 Å². The molecule has 0 atom stereocenters. The number of hydrogen-bond acceptors (Lipinski definition) is 4. The third-order valence-electron chi connectivity index (χ3n) is 0. The first-order valence-corrected chi connectivity index (χ1v) is 4.62. The summed E-state index contributed by atoms with van der Waals surface area (Å²) in [5.74, 6) is 0. The van der Waals surface area contributed by atoms with Gasteiger partial charge in [0.15, 0.2) is 0 Å². The molecule has 4 nitrogen and oxygen atoms in total. The molecule has 0 aliphatic heterocycles. The van der Waals surface area contributed by atoms with E-state index in [0.29, 0.717) is 0 Å². The topological polar surface area (TPSA) is 89.4 Å². The normalized spacial score (nSPS) is 7.60. The molecule has 0 radical (unpaired) electrons. The average molecular weight is 236 g/mol. The van der Waals surface area contributed by atoms with Crippen LogP contribution in [-0.4, -0.2) is 47.9 Å². The van der Waals surface area contributed by atoms with Crippen molar-refractivity contribution in [2.75, 3.05) is 7.11 Å². The van der Waals surface area contributed by atoms with Crippen LogP contribution >= 0.6 is 0 Å². The van der Waals surface area contributed by atoms with Crippen LogP contribution in [-0.2, 0) is 0 Å². The van der Waals surface area contributed by atoms with E-state index in [2.05, 4.69) is 0 Å². The quantitative estimate of drug-likeness (QED) is 0.518. The van der Waals surface area contributed by atoms with E-state index in [-0.39, 0.29) is 17.4 Å². The zero-order valence-electron chi connectivity index (χ0n) is 11.0. The molecule has 0 unspecified atom stereocenters. The van der Waals surface area contributed by atoms with Crippen LogP contribution in [0.25, 0.3) is 0 Å². The summed E-state index contributed by atoms with van der Waals surface area (Å²) in [6, 6.07) is 0. The van der Waals surface area contributed by atoms with Crippen molar-refractivity contribution in [3.05, 3.63) is 0 Å². The second-order valence-electron chi connectivity index (χ2n) is 3.15. The van der Waals surface area contributed by atoms with Crippen LogP contribution in [0.2, 0.25) is 0 Å². The maximum absolute atomic E-state index is 9.53. The van der Waals surface area contributed by atoms with E-state index in [1.54, 1.807) is 41.5 Å². The van der Waals surface area contributed by atoms with Crippen molar-refractivity contribution in [2.24, 2.45) is 0 Å².